The van der Waals surface area contributed by atoms with E-state index in [2.05, 4.69) is 25.1 Å². The standard InChI is InChI=1S/C13H16O/c1-2-9-8-12(9)10-3-4-13-11(7-10)5-6-14-13/h3-4,7,9,12H,2,5-6,8H2,1H3. The molecule has 0 amide bonds. The highest BCUT2D eigenvalue weighted by Gasteiger charge is 2.36. The van der Waals surface area contributed by atoms with Crippen molar-refractivity contribution in [1.82, 2.24) is 0 Å². The highest BCUT2D eigenvalue weighted by atomic mass is 16.5. The molecule has 1 fully saturated rings. The van der Waals surface area contributed by atoms with Crippen molar-refractivity contribution in [3.8, 4) is 5.75 Å². The third-order valence-corrected chi connectivity index (χ3v) is 3.59. The summed E-state index contributed by atoms with van der Waals surface area (Å²) < 4.78 is 5.51. The Kier molecular flexibility index (Phi) is 1.79. The van der Waals surface area contributed by atoms with Crippen LogP contribution < -0.4 is 4.74 Å². The van der Waals surface area contributed by atoms with Crippen molar-refractivity contribution in [2.24, 2.45) is 5.92 Å². The monoisotopic (exact) mass is 188 g/mol. The van der Waals surface area contributed by atoms with Gasteiger partial charge in [-0.25, -0.2) is 0 Å². The van der Waals surface area contributed by atoms with E-state index >= 15 is 0 Å². The maximum atomic E-state index is 5.51. The Bertz CT molecular complexity index is 356. The zero-order valence-electron chi connectivity index (χ0n) is 8.62. The molecule has 1 heteroatoms. The van der Waals surface area contributed by atoms with Crippen LogP contribution in [0.25, 0.3) is 0 Å². The molecule has 1 heterocycles. The lowest BCUT2D eigenvalue weighted by atomic mass is 10.0. The molecule has 1 aliphatic carbocycles. The van der Waals surface area contributed by atoms with Crippen LogP contribution in [0.5, 0.6) is 5.75 Å². The Morgan fingerprint density at radius 3 is 3.14 bits per heavy atom. The fraction of sp³-hybridized carbons (Fsp3) is 0.538. The van der Waals surface area contributed by atoms with Gasteiger partial charge in [-0.1, -0.05) is 25.5 Å². The lowest BCUT2D eigenvalue weighted by Crippen LogP contribution is -1.85. The zero-order chi connectivity index (χ0) is 9.54. The molecule has 1 nitrogen and oxygen atoms in total. The summed E-state index contributed by atoms with van der Waals surface area (Å²) in [6, 6.07) is 6.77. The van der Waals surface area contributed by atoms with Crippen LogP contribution in [0, 0.1) is 5.92 Å². The lowest BCUT2D eigenvalue weighted by molar-refractivity contribution is 0.357. The van der Waals surface area contributed by atoms with Crippen LogP contribution in [-0.4, -0.2) is 6.61 Å². The van der Waals surface area contributed by atoms with Crippen LogP contribution in [0.15, 0.2) is 18.2 Å². The first-order valence-corrected chi connectivity index (χ1v) is 5.64. The van der Waals surface area contributed by atoms with Crippen molar-refractivity contribution in [1.29, 1.82) is 0 Å². The molecule has 0 bridgehead atoms. The Morgan fingerprint density at radius 1 is 1.43 bits per heavy atom. The maximum Gasteiger partial charge on any atom is 0.122 e. The number of benzene rings is 1. The van der Waals surface area contributed by atoms with E-state index in [9.17, 15) is 0 Å². The molecule has 0 N–H and O–H groups in total. The summed E-state index contributed by atoms with van der Waals surface area (Å²) in [7, 11) is 0. The third-order valence-electron chi connectivity index (χ3n) is 3.59. The summed E-state index contributed by atoms with van der Waals surface area (Å²) in [5, 5.41) is 0. The first-order valence-electron chi connectivity index (χ1n) is 5.64. The second-order valence-electron chi connectivity index (χ2n) is 4.48. The van der Waals surface area contributed by atoms with Crippen molar-refractivity contribution >= 4 is 0 Å². The molecule has 1 saturated carbocycles. The van der Waals surface area contributed by atoms with Gasteiger partial charge >= 0.3 is 0 Å². The predicted octanol–water partition coefficient (Wildman–Crippen LogP) is 3.14. The van der Waals surface area contributed by atoms with E-state index in [4.69, 9.17) is 4.74 Å². The van der Waals surface area contributed by atoms with Crippen LogP contribution in [-0.2, 0) is 6.42 Å². The van der Waals surface area contributed by atoms with Gasteiger partial charge in [-0.15, -0.1) is 0 Å². The van der Waals surface area contributed by atoms with Crippen molar-refractivity contribution in [2.75, 3.05) is 6.61 Å². The van der Waals surface area contributed by atoms with Crippen molar-refractivity contribution in [3.05, 3.63) is 29.3 Å². The SMILES string of the molecule is CCC1CC1c1ccc2c(c1)CCO2. The molecule has 0 aromatic heterocycles. The highest BCUT2D eigenvalue weighted by Crippen LogP contribution is 2.50. The van der Waals surface area contributed by atoms with E-state index in [1.807, 2.05) is 0 Å². The summed E-state index contributed by atoms with van der Waals surface area (Å²) in [5.41, 5.74) is 2.96. The first kappa shape index (κ1) is 8.34. The number of hydrogen-bond donors (Lipinski definition) is 0. The fourth-order valence-corrected chi connectivity index (χ4v) is 2.54. The molecule has 2 aliphatic rings. The predicted molar refractivity (Wildman–Crippen MR) is 56.8 cm³/mol. The topological polar surface area (TPSA) is 9.23 Å². The summed E-state index contributed by atoms with van der Waals surface area (Å²) in [4.78, 5) is 0. The Hall–Kier alpha value is -0.980. The molecule has 1 aliphatic heterocycles. The van der Waals surface area contributed by atoms with Crippen LogP contribution in [0.2, 0.25) is 0 Å². The van der Waals surface area contributed by atoms with Gasteiger partial charge in [0.25, 0.3) is 0 Å². The summed E-state index contributed by atoms with van der Waals surface area (Å²) in [5.74, 6) is 2.92. The molecule has 3 rings (SSSR count). The van der Waals surface area contributed by atoms with Gasteiger partial charge in [0.2, 0.25) is 0 Å². The number of ether oxygens (including phenoxy) is 1. The molecular weight excluding hydrogens is 172 g/mol. The second kappa shape index (κ2) is 3.01. The van der Waals surface area contributed by atoms with Gasteiger partial charge in [0.05, 0.1) is 6.61 Å². The minimum absolute atomic E-state index is 0.853. The average molecular weight is 188 g/mol. The smallest absolute Gasteiger partial charge is 0.122 e. The maximum absolute atomic E-state index is 5.51. The van der Waals surface area contributed by atoms with E-state index in [-0.39, 0.29) is 0 Å². The fourth-order valence-electron chi connectivity index (χ4n) is 2.54. The lowest BCUT2D eigenvalue weighted by Gasteiger charge is -2.02. The molecular formula is C13H16O. The Balaban J connectivity index is 1.87. The van der Waals surface area contributed by atoms with Crippen molar-refractivity contribution < 1.29 is 4.74 Å². The second-order valence-corrected chi connectivity index (χ2v) is 4.48. The molecule has 1 aromatic carbocycles. The molecule has 0 radical (unpaired) electrons. The quantitative estimate of drug-likeness (QED) is 0.692. The average Bonchev–Trinajstić information content (AvgIpc) is 2.87. The van der Waals surface area contributed by atoms with Crippen molar-refractivity contribution in [3.63, 3.8) is 0 Å². The molecule has 1 aromatic rings. The van der Waals surface area contributed by atoms with Gasteiger partial charge < -0.3 is 4.74 Å². The molecule has 2 atom stereocenters. The molecule has 0 spiro atoms. The van der Waals surface area contributed by atoms with Crippen molar-refractivity contribution in [2.45, 2.75) is 32.1 Å². The first-order chi connectivity index (χ1) is 6.88. The number of rotatable bonds is 2. The van der Waals surface area contributed by atoms with E-state index in [0.717, 1.165) is 30.6 Å². The van der Waals surface area contributed by atoms with Gasteiger partial charge in [-0.2, -0.15) is 0 Å². The zero-order valence-corrected chi connectivity index (χ0v) is 8.62. The minimum atomic E-state index is 0.853. The minimum Gasteiger partial charge on any atom is -0.493 e. The van der Waals surface area contributed by atoms with E-state index < -0.39 is 0 Å². The normalized spacial score (nSPS) is 28.4. The molecule has 2 unspecified atom stereocenters. The van der Waals surface area contributed by atoms with E-state index in [0.29, 0.717) is 0 Å². The summed E-state index contributed by atoms with van der Waals surface area (Å²) >= 11 is 0. The van der Waals surface area contributed by atoms with Gasteiger partial charge in [0.15, 0.2) is 0 Å². The van der Waals surface area contributed by atoms with Crippen LogP contribution in [0.4, 0.5) is 0 Å². The van der Waals surface area contributed by atoms with Crippen LogP contribution in [0.1, 0.15) is 36.8 Å². The third kappa shape index (κ3) is 1.23. The van der Waals surface area contributed by atoms with Gasteiger partial charge in [-0.3, -0.25) is 0 Å². The van der Waals surface area contributed by atoms with Gasteiger partial charge in [0.1, 0.15) is 5.75 Å². The molecule has 14 heavy (non-hydrogen) atoms. The Labute approximate surface area is 85.1 Å². The molecule has 74 valence electrons. The summed E-state index contributed by atoms with van der Waals surface area (Å²) in [6.07, 6.45) is 3.83. The largest absolute Gasteiger partial charge is 0.493 e. The van der Waals surface area contributed by atoms with Crippen LogP contribution >= 0.6 is 0 Å². The van der Waals surface area contributed by atoms with Gasteiger partial charge in [0, 0.05) is 6.42 Å². The van der Waals surface area contributed by atoms with Crippen LogP contribution in [0.3, 0.4) is 0 Å². The van der Waals surface area contributed by atoms with E-state index in [1.165, 1.54) is 18.4 Å². The molecule has 0 saturated heterocycles. The summed E-state index contributed by atoms with van der Waals surface area (Å²) in [6.45, 7) is 3.17. The highest BCUT2D eigenvalue weighted by molar-refractivity contribution is 5.42. The van der Waals surface area contributed by atoms with E-state index in [1.54, 1.807) is 5.56 Å². The number of fused-ring (bicyclic) bond motifs is 1. The Morgan fingerprint density at radius 2 is 2.36 bits per heavy atom. The number of hydrogen-bond acceptors (Lipinski definition) is 1. The van der Waals surface area contributed by atoms with Gasteiger partial charge in [-0.05, 0) is 35.4 Å².